The number of hydrogen-bond acceptors (Lipinski definition) is 4. The minimum atomic E-state index is -0.849. The van der Waals surface area contributed by atoms with E-state index in [1.165, 1.54) is 9.58 Å². The zero-order valence-corrected chi connectivity index (χ0v) is 10.00. The second-order valence-electron chi connectivity index (χ2n) is 4.34. The molecule has 6 nitrogen and oxygen atoms in total. The largest absolute Gasteiger partial charge is 0.388 e. The van der Waals surface area contributed by atoms with Crippen LogP contribution in [-0.4, -0.2) is 56.1 Å². The standard InChI is InChI=1S/C11H17N3O3/c1-3-7-4-8(13(2)12-7)11(17)14-5-9(15)10(16)6-14/h4,9-10,15-16H,3,5-6H2,1-2H3/t9-,10+. The van der Waals surface area contributed by atoms with Gasteiger partial charge in [0.05, 0.1) is 17.9 Å². The summed E-state index contributed by atoms with van der Waals surface area (Å²) in [5, 5.41) is 23.0. The molecule has 1 amide bonds. The minimum Gasteiger partial charge on any atom is -0.388 e. The van der Waals surface area contributed by atoms with Crippen LogP contribution in [-0.2, 0) is 13.5 Å². The van der Waals surface area contributed by atoms with Crippen molar-refractivity contribution < 1.29 is 15.0 Å². The van der Waals surface area contributed by atoms with Crippen molar-refractivity contribution >= 4 is 5.91 Å². The van der Waals surface area contributed by atoms with Gasteiger partial charge in [-0.25, -0.2) is 0 Å². The Morgan fingerprint density at radius 1 is 1.47 bits per heavy atom. The maximum absolute atomic E-state index is 12.1. The maximum Gasteiger partial charge on any atom is 0.272 e. The highest BCUT2D eigenvalue weighted by Crippen LogP contribution is 2.14. The highest BCUT2D eigenvalue weighted by atomic mass is 16.3. The summed E-state index contributed by atoms with van der Waals surface area (Å²) < 4.78 is 1.54. The van der Waals surface area contributed by atoms with Crippen molar-refractivity contribution in [2.24, 2.45) is 7.05 Å². The first-order valence-electron chi connectivity index (χ1n) is 5.71. The van der Waals surface area contributed by atoms with Gasteiger partial charge in [-0.1, -0.05) is 6.92 Å². The number of aryl methyl sites for hydroxylation is 2. The molecule has 0 radical (unpaired) electrons. The van der Waals surface area contributed by atoms with Gasteiger partial charge in [-0.3, -0.25) is 9.48 Å². The topological polar surface area (TPSA) is 78.6 Å². The van der Waals surface area contributed by atoms with Gasteiger partial charge < -0.3 is 15.1 Å². The fraction of sp³-hybridized carbons (Fsp3) is 0.636. The van der Waals surface area contributed by atoms with Gasteiger partial charge in [0, 0.05) is 20.1 Å². The van der Waals surface area contributed by atoms with Crippen molar-refractivity contribution in [3.8, 4) is 0 Å². The van der Waals surface area contributed by atoms with Gasteiger partial charge in [-0.2, -0.15) is 5.10 Å². The monoisotopic (exact) mass is 239 g/mol. The van der Waals surface area contributed by atoms with Crippen LogP contribution in [0.2, 0.25) is 0 Å². The van der Waals surface area contributed by atoms with Crippen molar-refractivity contribution in [1.29, 1.82) is 0 Å². The second kappa shape index (κ2) is 4.46. The lowest BCUT2D eigenvalue weighted by atomic mass is 10.3. The number of carbonyl (C=O) groups is 1. The zero-order chi connectivity index (χ0) is 12.6. The highest BCUT2D eigenvalue weighted by Gasteiger charge is 2.33. The van der Waals surface area contributed by atoms with E-state index in [9.17, 15) is 15.0 Å². The van der Waals surface area contributed by atoms with Gasteiger partial charge >= 0.3 is 0 Å². The Morgan fingerprint density at radius 2 is 2.06 bits per heavy atom. The lowest BCUT2D eigenvalue weighted by Gasteiger charge is -2.14. The number of carbonyl (C=O) groups excluding carboxylic acids is 1. The number of likely N-dealkylation sites (tertiary alicyclic amines) is 1. The van der Waals surface area contributed by atoms with E-state index in [1.54, 1.807) is 13.1 Å². The number of amides is 1. The van der Waals surface area contributed by atoms with Crippen LogP contribution >= 0.6 is 0 Å². The summed E-state index contributed by atoms with van der Waals surface area (Å²) in [4.78, 5) is 13.6. The molecule has 1 aromatic heterocycles. The summed E-state index contributed by atoms with van der Waals surface area (Å²) in [6.07, 6.45) is -0.928. The average molecular weight is 239 g/mol. The quantitative estimate of drug-likeness (QED) is 0.705. The molecule has 0 saturated carbocycles. The van der Waals surface area contributed by atoms with Crippen LogP contribution < -0.4 is 0 Å². The molecule has 1 saturated heterocycles. The number of aliphatic hydroxyl groups is 2. The Morgan fingerprint density at radius 3 is 2.53 bits per heavy atom. The summed E-state index contributed by atoms with van der Waals surface area (Å²) in [5.41, 5.74) is 1.35. The summed E-state index contributed by atoms with van der Waals surface area (Å²) in [6.45, 7) is 2.32. The van der Waals surface area contributed by atoms with Gasteiger partial charge in [-0.05, 0) is 12.5 Å². The summed E-state index contributed by atoms with van der Waals surface area (Å²) in [6, 6.07) is 1.75. The molecule has 6 heteroatoms. The van der Waals surface area contributed by atoms with E-state index in [-0.39, 0.29) is 19.0 Å². The number of aromatic nitrogens is 2. The first-order valence-corrected chi connectivity index (χ1v) is 5.71. The normalized spacial score (nSPS) is 24.4. The highest BCUT2D eigenvalue weighted by molar-refractivity contribution is 5.93. The fourth-order valence-corrected chi connectivity index (χ4v) is 2.00. The van der Waals surface area contributed by atoms with Gasteiger partial charge in [0.25, 0.3) is 5.91 Å². The van der Waals surface area contributed by atoms with Crippen molar-refractivity contribution in [3.63, 3.8) is 0 Å². The average Bonchev–Trinajstić information content (AvgIpc) is 2.82. The zero-order valence-electron chi connectivity index (χ0n) is 10.00. The first kappa shape index (κ1) is 12.1. The lowest BCUT2D eigenvalue weighted by molar-refractivity contribution is 0.0572. The van der Waals surface area contributed by atoms with E-state index in [2.05, 4.69) is 5.10 Å². The van der Waals surface area contributed by atoms with Crippen LogP contribution in [0.3, 0.4) is 0 Å². The number of β-amino-alcohol motifs (C(OH)–C–C–N with tert-alkyl or cyclic N) is 2. The van der Waals surface area contributed by atoms with Gasteiger partial charge in [0.1, 0.15) is 5.69 Å². The second-order valence-corrected chi connectivity index (χ2v) is 4.34. The third-order valence-corrected chi connectivity index (χ3v) is 3.06. The van der Waals surface area contributed by atoms with E-state index in [1.807, 2.05) is 6.92 Å². The van der Waals surface area contributed by atoms with E-state index < -0.39 is 12.2 Å². The molecule has 1 aromatic rings. The lowest BCUT2D eigenvalue weighted by Crippen LogP contribution is -2.31. The number of aliphatic hydroxyl groups excluding tert-OH is 2. The Bertz CT molecular complexity index is 420. The van der Waals surface area contributed by atoms with E-state index in [0.29, 0.717) is 5.69 Å². The van der Waals surface area contributed by atoms with Gasteiger partial charge in [0.2, 0.25) is 0 Å². The molecule has 0 spiro atoms. The number of rotatable bonds is 2. The molecule has 1 aliphatic rings. The molecule has 0 aromatic carbocycles. The van der Waals surface area contributed by atoms with Crippen LogP contribution in [0, 0.1) is 0 Å². The Kier molecular flexibility index (Phi) is 3.17. The van der Waals surface area contributed by atoms with Gasteiger partial charge in [-0.15, -0.1) is 0 Å². The smallest absolute Gasteiger partial charge is 0.272 e. The molecule has 94 valence electrons. The molecule has 17 heavy (non-hydrogen) atoms. The third-order valence-electron chi connectivity index (χ3n) is 3.06. The van der Waals surface area contributed by atoms with Crippen molar-refractivity contribution in [2.75, 3.05) is 13.1 Å². The molecule has 1 fully saturated rings. The molecule has 1 aliphatic heterocycles. The van der Waals surface area contributed by atoms with Crippen molar-refractivity contribution in [2.45, 2.75) is 25.6 Å². The molecule has 0 bridgehead atoms. The molecule has 0 aliphatic carbocycles. The molecule has 2 heterocycles. The Labute approximate surface area is 99.5 Å². The van der Waals surface area contributed by atoms with Crippen molar-refractivity contribution in [3.05, 3.63) is 17.5 Å². The van der Waals surface area contributed by atoms with E-state index >= 15 is 0 Å². The SMILES string of the molecule is CCc1cc(C(=O)N2C[C@@H](O)[C@@H](O)C2)n(C)n1. The maximum atomic E-state index is 12.1. The molecule has 2 rings (SSSR count). The Hall–Kier alpha value is -1.40. The predicted molar refractivity (Wildman–Crippen MR) is 60.5 cm³/mol. The van der Waals surface area contributed by atoms with Crippen LogP contribution in [0.15, 0.2) is 6.07 Å². The first-order chi connectivity index (χ1) is 8.02. The van der Waals surface area contributed by atoms with Crippen LogP contribution in [0.25, 0.3) is 0 Å². The Balaban J connectivity index is 2.17. The number of hydrogen-bond donors (Lipinski definition) is 2. The summed E-state index contributed by atoms with van der Waals surface area (Å²) in [5.74, 6) is -0.199. The fourth-order valence-electron chi connectivity index (χ4n) is 2.00. The molecule has 0 unspecified atom stereocenters. The molecular weight excluding hydrogens is 222 g/mol. The van der Waals surface area contributed by atoms with Crippen LogP contribution in [0.1, 0.15) is 23.1 Å². The van der Waals surface area contributed by atoms with E-state index in [4.69, 9.17) is 0 Å². The van der Waals surface area contributed by atoms with Crippen LogP contribution in [0.5, 0.6) is 0 Å². The van der Waals surface area contributed by atoms with Crippen LogP contribution in [0.4, 0.5) is 0 Å². The molecule has 2 atom stereocenters. The molecular formula is C11H17N3O3. The third kappa shape index (κ3) is 2.18. The minimum absolute atomic E-state index is 0.173. The number of nitrogens with zero attached hydrogens (tertiary/aromatic N) is 3. The molecule has 2 N–H and O–H groups in total. The van der Waals surface area contributed by atoms with Gasteiger partial charge in [0.15, 0.2) is 0 Å². The summed E-state index contributed by atoms with van der Waals surface area (Å²) in [7, 11) is 1.72. The predicted octanol–water partition coefficient (Wildman–Crippen LogP) is -0.840. The van der Waals surface area contributed by atoms with Crippen molar-refractivity contribution in [1.82, 2.24) is 14.7 Å². The summed E-state index contributed by atoms with van der Waals surface area (Å²) >= 11 is 0. The van der Waals surface area contributed by atoms with E-state index in [0.717, 1.165) is 12.1 Å².